The molecule has 1 amide bonds. The third-order valence-electron chi connectivity index (χ3n) is 2.20. The minimum atomic E-state index is -0.0279. The molecule has 3 heteroatoms. The highest BCUT2D eigenvalue weighted by molar-refractivity contribution is 5.87. The molecule has 1 N–H and O–H groups in total. The van der Waals surface area contributed by atoms with E-state index in [4.69, 9.17) is 0 Å². The minimum Gasteiger partial charge on any atom is -0.356 e. The van der Waals surface area contributed by atoms with Crippen molar-refractivity contribution >= 4 is 5.91 Å². The van der Waals surface area contributed by atoms with Gasteiger partial charge in [-0.3, -0.25) is 4.79 Å². The quantitative estimate of drug-likeness (QED) is 0.632. The molecule has 0 atom stereocenters. The van der Waals surface area contributed by atoms with Crippen molar-refractivity contribution < 1.29 is 4.79 Å². The fraction of sp³-hybridized carbons (Fsp3) is 0.700. The van der Waals surface area contributed by atoms with Crippen LogP contribution in [0.5, 0.6) is 0 Å². The van der Waals surface area contributed by atoms with Crippen LogP contribution >= 0.6 is 0 Å². The van der Waals surface area contributed by atoms with Crippen molar-refractivity contribution in [2.45, 2.75) is 12.8 Å². The first kappa shape index (κ1) is 10.3. The summed E-state index contributed by atoms with van der Waals surface area (Å²) in [5.74, 6) is 0.887. The van der Waals surface area contributed by atoms with Gasteiger partial charge in [-0.15, -0.1) is 0 Å². The second-order valence-electron chi connectivity index (χ2n) is 3.68. The highest BCUT2D eigenvalue weighted by atomic mass is 16.1. The molecule has 1 rings (SSSR count). The first-order valence-corrected chi connectivity index (χ1v) is 4.79. The van der Waals surface area contributed by atoms with Crippen LogP contribution in [0.1, 0.15) is 12.8 Å². The van der Waals surface area contributed by atoms with Crippen LogP contribution in [0.2, 0.25) is 0 Å². The Morgan fingerprint density at radius 1 is 1.62 bits per heavy atom. The van der Waals surface area contributed by atoms with Gasteiger partial charge in [0.15, 0.2) is 0 Å². The van der Waals surface area contributed by atoms with E-state index in [2.05, 4.69) is 17.3 Å². The van der Waals surface area contributed by atoms with E-state index in [9.17, 15) is 4.79 Å². The molecule has 74 valence electrons. The summed E-state index contributed by atoms with van der Waals surface area (Å²) >= 11 is 0. The highest BCUT2D eigenvalue weighted by Gasteiger charge is 2.22. The van der Waals surface area contributed by atoms with Gasteiger partial charge >= 0.3 is 0 Å². The lowest BCUT2D eigenvalue weighted by atomic mass is 10.3. The summed E-state index contributed by atoms with van der Waals surface area (Å²) < 4.78 is 0. The molecule has 0 unspecified atom stereocenters. The van der Waals surface area contributed by atoms with Crippen LogP contribution in [-0.4, -0.2) is 38.0 Å². The zero-order chi connectivity index (χ0) is 9.68. The Balaban J connectivity index is 2.08. The molecule has 0 saturated heterocycles. The van der Waals surface area contributed by atoms with Crippen LogP contribution < -0.4 is 5.32 Å². The number of nitrogens with zero attached hydrogens (tertiary/aromatic N) is 1. The lowest BCUT2D eigenvalue weighted by Crippen LogP contribution is -2.21. The number of nitrogens with one attached hydrogen (secondary N) is 1. The predicted molar refractivity (Wildman–Crippen MR) is 53.4 cm³/mol. The fourth-order valence-corrected chi connectivity index (χ4v) is 1.24. The maximum Gasteiger partial charge on any atom is 0.243 e. The molecule has 0 aromatic carbocycles. The standard InChI is InChI=1S/C10H18N2O/c1-11-10(13)4-3-7-12(2)8-9-5-6-9/h3-4,9H,5-8H2,1-2H3,(H,11,13)/b4-3+. The van der Waals surface area contributed by atoms with Crippen LogP contribution in [0, 0.1) is 5.92 Å². The Morgan fingerprint density at radius 3 is 2.85 bits per heavy atom. The second-order valence-corrected chi connectivity index (χ2v) is 3.68. The van der Waals surface area contributed by atoms with E-state index in [1.807, 2.05) is 6.08 Å². The van der Waals surface area contributed by atoms with Crippen LogP contribution in [0.4, 0.5) is 0 Å². The molecule has 0 spiro atoms. The average molecular weight is 182 g/mol. The lowest BCUT2D eigenvalue weighted by molar-refractivity contribution is -0.116. The molecule has 0 aromatic heterocycles. The fourth-order valence-electron chi connectivity index (χ4n) is 1.24. The van der Waals surface area contributed by atoms with Gasteiger partial charge in [0.25, 0.3) is 0 Å². The summed E-state index contributed by atoms with van der Waals surface area (Å²) in [6.07, 6.45) is 6.25. The molecular weight excluding hydrogens is 164 g/mol. The molecule has 1 aliphatic rings. The maximum absolute atomic E-state index is 10.8. The minimum absolute atomic E-state index is 0.0279. The Hall–Kier alpha value is -0.830. The van der Waals surface area contributed by atoms with Crippen LogP contribution in [-0.2, 0) is 4.79 Å². The van der Waals surface area contributed by atoms with Crippen molar-refractivity contribution in [3.8, 4) is 0 Å². The zero-order valence-electron chi connectivity index (χ0n) is 8.42. The van der Waals surface area contributed by atoms with Gasteiger partial charge in [-0.25, -0.2) is 0 Å². The monoisotopic (exact) mass is 182 g/mol. The lowest BCUT2D eigenvalue weighted by Gasteiger charge is -2.12. The van der Waals surface area contributed by atoms with Gasteiger partial charge in [-0.1, -0.05) is 6.08 Å². The Labute approximate surface area is 79.8 Å². The van der Waals surface area contributed by atoms with E-state index in [1.54, 1.807) is 13.1 Å². The van der Waals surface area contributed by atoms with Crippen molar-refractivity contribution in [1.82, 2.24) is 10.2 Å². The van der Waals surface area contributed by atoms with Crippen molar-refractivity contribution in [3.05, 3.63) is 12.2 Å². The maximum atomic E-state index is 10.8. The smallest absolute Gasteiger partial charge is 0.243 e. The summed E-state index contributed by atoms with van der Waals surface area (Å²) in [6.45, 7) is 2.03. The SMILES string of the molecule is CNC(=O)/C=C/CN(C)CC1CC1. The summed E-state index contributed by atoms with van der Waals surface area (Å²) in [5.41, 5.74) is 0. The first-order chi connectivity index (χ1) is 6.22. The average Bonchev–Trinajstić information content (AvgIpc) is 2.88. The van der Waals surface area contributed by atoms with Gasteiger partial charge in [-0.2, -0.15) is 0 Å². The summed E-state index contributed by atoms with van der Waals surface area (Å²) in [7, 11) is 3.73. The van der Waals surface area contributed by atoms with E-state index in [0.717, 1.165) is 19.0 Å². The van der Waals surface area contributed by atoms with Gasteiger partial charge in [0, 0.05) is 26.2 Å². The summed E-state index contributed by atoms with van der Waals surface area (Å²) in [6, 6.07) is 0. The normalized spacial score (nSPS) is 16.8. The topological polar surface area (TPSA) is 32.3 Å². The molecule has 0 heterocycles. The molecule has 1 aliphatic carbocycles. The molecule has 3 nitrogen and oxygen atoms in total. The van der Waals surface area contributed by atoms with Gasteiger partial charge < -0.3 is 10.2 Å². The highest BCUT2D eigenvalue weighted by Crippen LogP contribution is 2.29. The number of rotatable bonds is 5. The third kappa shape index (κ3) is 4.68. The van der Waals surface area contributed by atoms with Crippen LogP contribution in [0.25, 0.3) is 0 Å². The summed E-state index contributed by atoms with van der Waals surface area (Å²) in [4.78, 5) is 13.1. The molecule has 1 fully saturated rings. The van der Waals surface area contributed by atoms with E-state index in [0.29, 0.717) is 0 Å². The van der Waals surface area contributed by atoms with Gasteiger partial charge in [0.05, 0.1) is 0 Å². The predicted octanol–water partition coefficient (Wildman–Crippen LogP) is 0.630. The van der Waals surface area contributed by atoms with Crippen LogP contribution in [0.3, 0.4) is 0 Å². The number of hydrogen-bond acceptors (Lipinski definition) is 2. The molecule has 0 bridgehead atoms. The number of carbonyl (C=O) groups is 1. The van der Waals surface area contributed by atoms with Gasteiger partial charge in [0.2, 0.25) is 5.91 Å². The van der Waals surface area contributed by atoms with E-state index in [-0.39, 0.29) is 5.91 Å². The number of likely N-dealkylation sites (N-methyl/N-ethyl adjacent to an activating group) is 2. The van der Waals surface area contributed by atoms with E-state index >= 15 is 0 Å². The van der Waals surface area contributed by atoms with Crippen molar-refractivity contribution in [1.29, 1.82) is 0 Å². The van der Waals surface area contributed by atoms with Gasteiger partial charge in [-0.05, 0) is 25.8 Å². The molecule has 0 radical (unpaired) electrons. The van der Waals surface area contributed by atoms with E-state index in [1.165, 1.54) is 12.8 Å². The van der Waals surface area contributed by atoms with E-state index < -0.39 is 0 Å². The Bertz CT molecular complexity index is 197. The number of hydrogen-bond donors (Lipinski definition) is 1. The first-order valence-electron chi connectivity index (χ1n) is 4.79. The van der Waals surface area contributed by atoms with Gasteiger partial charge in [0.1, 0.15) is 0 Å². The van der Waals surface area contributed by atoms with Crippen molar-refractivity contribution in [2.24, 2.45) is 5.92 Å². The largest absolute Gasteiger partial charge is 0.356 e. The third-order valence-corrected chi connectivity index (χ3v) is 2.20. The molecule has 1 saturated carbocycles. The number of amides is 1. The second kappa shape index (κ2) is 5.02. The van der Waals surface area contributed by atoms with Crippen molar-refractivity contribution in [2.75, 3.05) is 27.2 Å². The summed E-state index contributed by atoms with van der Waals surface area (Å²) in [5, 5.41) is 2.55. The zero-order valence-corrected chi connectivity index (χ0v) is 8.42. The molecule has 0 aromatic rings. The Kier molecular flexibility index (Phi) is 3.96. The molecule has 13 heavy (non-hydrogen) atoms. The molecule has 0 aliphatic heterocycles. The number of carbonyl (C=O) groups excluding carboxylic acids is 1. The van der Waals surface area contributed by atoms with Crippen LogP contribution in [0.15, 0.2) is 12.2 Å². The van der Waals surface area contributed by atoms with Crippen molar-refractivity contribution in [3.63, 3.8) is 0 Å². The molecular formula is C10H18N2O. The Morgan fingerprint density at radius 2 is 2.31 bits per heavy atom.